The fourth-order valence-electron chi connectivity index (χ4n) is 4.14. The van der Waals surface area contributed by atoms with Gasteiger partial charge in [0.2, 0.25) is 0 Å². The molecule has 0 bridgehead atoms. The highest BCUT2D eigenvalue weighted by Gasteiger charge is 2.49. The molecule has 1 amide bonds. The Bertz CT molecular complexity index is 959. The van der Waals surface area contributed by atoms with Crippen molar-refractivity contribution in [2.45, 2.75) is 43.5 Å². The van der Waals surface area contributed by atoms with Crippen LogP contribution in [0.4, 0.5) is 0 Å². The van der Waals surface area contributed by atoms with Gasteiger partial charge in [-0.25, -0.2) is 4.68 Å². The molecule has 1 aromatic heterocycles. The van der Waals surface area contributed by atoms with Crippen molar-refractivity contribution in [3.63, 3.8) is 0 Å². The second kappa shape index (κ2) is 9.04. The van der Waals surface area contributed by atoms with Gasteiger partial charge in [-0.1, -0.05) is 18.2 Å². The number of nitrogens with one attached hydrogen (secondary N) is 1. The van der Waals surface area contributed by atoms with Crippen LogP contribution in [0.2, 0.25) is 0 Å². The average molecular weight is 433 g/mol. The van der Waals surface area contributed by atoms with E-state index in [0.717, 1.165) is 0 Å². The van der Waals surface area contributed by atoms with Crippen molar-refractivity contribution < 1.29 is 29.6 Å². The van der Waals surface area contributed by atoms with E-state index in [9.17, 15) is 19.8 Å². The highest BCUT2D eigenvalue weighted by atomic mass is 16.5. The number of hydrogen-bond donors (Lipinski definition) is 4. The average Bonchev–Trinajstić information content (AvgIpc) is 3.14. The SMILES string of the molecule is C[C@]1(O)CC2(CCN(C(=O)c3cc(=O)n(-c4ccccc4)[nH]3)CC2)OC[C@@H]1O.O=CO. The maximum Gasteiger partial charge on any atom is 0.290 e. The maximum atomic E-state index is 12.9. The number of H-pyrrole nitrogens is 1. The van der Waals surface area contributed by atoms with Gasteiger partial charge in [-0.2, -0.15) is 0 Å². The van der Waals surface area contributed by atoms with Crippen molar-refractivity contribution >= 4 is 12.4 Å². The molecule has 0 saturated carbocycles. The molecule has 10 heteroatoms. The Morgan fingerprint density at radius 1 is 1.26 bits per heavy atom. The number of piperidine rings is 1. The lowest BCUT2D eigenvalue weighted by Crippen LogP contribution is -2.59. The van der Waals surface area contributed by atoms with Crippen LogP contribution in [0.1, 0.15) is 36.7 Å². The van der Waals surface area contributed by atoms with Crippen LogP contribution in [0.25, 0.3) is 5.69 Å². The van der Waals surface area contributed by atoms with E-state index in [1.807, 2.05) is 18.2 Å². The Labute approximate surface area is 178 Å². The number of likely N-dealkylation sites (tertiary alicyclic amines) is 1. The Morgan fingerprint density at radius 2 is 1.87 bits per heavy atom. The maximum absolute atomic E-state index is 12.9. The Morgan fingerprint density at radius 3 is 2.45 bits per heavy atom. The Hall–Kier alpha value is -2.95. The summed E-state index contributed by atoms with van der Waals surface area (Å²) in [6.45, 7) is 2.39. The number of carbonyl (C=O) groups excluding carboxylic acids is 1. The molecule has 168 valence electrons. The molecule has 10 nitrogen and oxygen atoms in total. The first kappa shape index (κ1) is 22.7. The van der Waals surface area contributed by atoms with E-state index in [0.29, 0.717) is 38.0 Å². The number of benzene rings is 1. The molecule has 2 aromatic rings. The number of hydrogen-bond acceptors (Lipinski definition) is 6. The molecular formula is C21H27N3O7. The summed E-state index contributed by atoms with van der Waals surface area (Å²) in [5.74, 6) is -0.232. The topological polar surface area (TPSA) is 145 Å². The minimum Gasteiger partial charge on any atom is -0.483 e. The van der Waals surface area contributed by atoms with E-state index in [2.05, 4.69) is 5.10 Å². The Balaban J connectivity index is 0.000000858. The molecule has 2 atom stereocenters. The van der Waals surface area contributed by atoms with E-state index >= 15 is 0 Å². The smallest absolute Gasteiger partial charge is 0.290 e. The number of amides is 1. The lowest BCUT2D eigenvalue weighted by Gasteiger charge is -2.49. The summed E-state index contributed by atoms with van der Waals surface area (Å²) in [6.07, 6.45) is 0.585. The van der Waals surface area contributed by atoms with Crippen LogP contribution < -0.4 is 5.56 Å². The number of rotatable bonds is 2. The van der Waals surface area contributed by atoms with E-state index in [1.165, 1.54) is 10.7 Å². The van der Waals surface area contributed by atoms with Gasteiger partial charge in [0.15, 0.2) is 0 Å². The van der Waals surface area contributed by atoms with Crippen LogP contribution in [0.5, 0.6) is 0 Å². The molecule has 4 rings (SSSR count). The van der Waals surface area contributed by atoms with Crippen molar-refractivity contribution in [2.24, 2.45) is 0 Å². The zero-order chi connectivity index (χ0) is 22.6. The molecule has 31 heavy (non-hydrogen) atoms. The number of aliphatic hydroxyl groups is 2. The zero-order valence-corrected chi connectivity index (χ0v) is 17.2. The number of aromatic nitrogens is 2. The van der Waals surface area contributed by atoms with Gasteiger partial charge >= 0.3 is 0 Å². The number of para-hydroxylation sites is 1. The van der Waals surface area contributed by atoms with Gasteiger partial charge < -0.3 is 25.0 Å². The fourth-order valence-corrected chi connectivity index (χ4v) is 4.14. The van der Waals surface area contributed by atoms with Crippen LogP contribution in [-0.4, -0.2) is 79.4 Å². The van der Waals surface area contributed by atoms with Crippen molar-refractivity contribution in [1.29, 1.82) is 0 Å². The van der Waals surface area contributed by atoms with Gasteiger partial charge in [-0.3, -0.25) is 19.5 Å². The lowest BCUT2D eigenvalue weighted by atomic mass is 9.76. The first-order valence-corrected chi connectivity index (χ1v) is 10.0. The third-order valence-electron chi connectivity index (χ3n) is 5.87. The van der Waals surface area contributed by atoms with Gasteiger partial charge in [0, 0.05) is 25.6 Å². The summed E-state index contributed by atoms with van der Waals surface area (Å²) in [5.41, 5.74) is -1.09. The van der Waals surface area contributed by atoms with Gasteiger partial charge in [0.25, 0.3) is 17.9 Å². The van der Waals surface area contributed by atoms with Gasteiger partial charge in [0.1, 0.15) is 11.8 Å². The summed E-state index contributed by atoms with van der Waals surface area (Å²) >= 11 is 0. The summed E-state index contributed by atoms with van der Waals surface area (Å²) < 4.78 is 7.21. The van der Waals surface area contributed by atoms with Gasteiger partial charge in [-0.05, 0) is 31.9 Å². The van der Waals surface area contributed by atoms with Crippen molar-refractivity contribution in [2.75, 3.05) is 19.7 Å². The molecule has 1 spiro atoms. The second-order valence-electron chi connectivity index (χ2n) is 8.12. The molecule has 4 N–H and O–H groups in total. The molecule has 2 aliphatic rings. The van der Waals surface area contributed by atoms with Crippen molar-refractivity contribution in [1.82, 2.24) is 14.7 Å². The van der Waals surface area contributed by atoms with Crippen molar-refractivity contribution in [3.8, 4) is 5.69 Å². The lowest BCUT2D eigenvalue weighted by molar-refractivity contribution is -0.221. The third-order valence-corrected chi connectivity index (χ3v) is 5.87. The molecule has 3 heterocycles. The minimum absolute atomic E-state index is 0.0915. The number of ether oxygens (including phenoxy) is 1. The zero-order valence-electron chi connectivity index (χ0n) is 17.2. The molecule has 0 aliphatic carbocycles. The molecule has 2 saturated heterocycles. The van der Waals surface area contributed by atoms with E-state index in [1.54, 1.807) is 24.0 Å². The highest BCUT2D eigenvalue weighted by molar-refractivity contribution is 5.92. The van der Waals surface area contributed by atoms with E-state index < -0.39 is 17.3 Å². The highest BCUT2D eigenvalue weighted by Crippen LogP contribution is 2.39. The predicted octanol–water partition coefficient (Wildman–Crippen LogP) is 0.373. The van der Waals surface area contributed by atoms with E-state index in [4.69, 9.17) is 14.6 Å². The van der Waals surface area contributed by atoms with E-state index in [-0.39, 0.29) is 30.2 Å². The molecule has 2 fully saturated rings. The van der Waals surface area contributed by atoms with Crippen LogP contribution in [-0.2, 0) is 9.53 Å². The molecule has 0 unspecified atom stereocenters. The Kier molecular flexibility index (Phi) is 6.63. The first-order chi connectivity index (χ1) is 14.7. The quantitative estimate of drug-likeness (QED) is 0.501. The number of aliphatic hydroxyl groups excluding tert-OH is 1. The van der Waals surface area contributed by atoms with Gasteiger partial charge in [0.05, 0.1) is 23.5 Å². The standard InChI is InChI=1S/C20H25N3O5.CH2O2/c1-19(27)13-20(28-12-16(19)24)7-9-22(10-8-20)18(26)15-11-17(25)23(21-15)14-5-3-2-4-6-14;2-1-3/h2-6,11,16,21,24,27H,7-10,12-13H2,1H3;1H,(H,2,3)/t16-,19-;/m0./s1. The van der Waals surface area contributed by atoms with Gasteiger partial charge in [-0.15, -0.1) is 0 Å². The fraction of sp³-hybridized carbons (Fsp3) is 0.476. The van der Waals surface area contributed by atoms with Crippen LogP contribution in [0.3, 0.4) is 0 Å². The number of carbonyl (C=O) groups is 2. The largest absolute Gasteiger partial charge is 0.483 e. The molecular weight excluding hydrogens is 406 g/mol. The second-order valence-corrected chi connectivity index (χ2v) is 8.12. The predicted molar refractivity (Wildman–Crippen MR) is 110 cm³/mol. The molecule has 0 radical (unpaired) electrons. The van der Waals surface area contributed by atoms with Crippen LogP contribution >= 0.6 is 0 Å². The van der Waals surface area contributed by atoms with Crippen LogP contribution in [0.15, 0.2) is 41.2 Å². The van der Waals surface area contributed by atoms with Crippen LogP contribution in [0, 0.1) is 0 Å². The summed E-state index contributed by atoms with van der Waals surface area (Å²) in [7, 11) is 0. The van der Waals surface area contributed by atoms with Crippen molar-refractivity contribution in [3.05, 3.63) is 52.4 Å². The summed E-state index contributed by atoms with van der Waals surface area (Å²) in [4.78, 5) is 35.2. The molecule has 1 aromatic carbocycles. The summed E-state index contributed by atoms with van der Waals surface area (Å²) in [5, 5.41) is 30.1. The first-order valence-electron chi connectivity index (χ1n) is 10.0. The summed E-state index contributed by atoms with van der Waals surface area (Å²) in [6, 6.07) is 10.4. The third kappa shape index (κ3) is 4.87. The number of carboxylic acid groups (broad SMARTS) is 1. The normalized spacial score (nSPS) is 24.9. The minimum atomic E-state index is -1.19. The number of nitrogens with zero attached hydrogens (tertiary/aromatic N) is 2. The molecule has 2 aliphatic heterocycles. The monoisotopic (exact) mass is 433 g/mol. The number of aromatic amines is 1.